The molecule has 1 saturated heterocycles. The minimum atomic E-state index is -0.520. The lowest BCUT2D eigenvalue weighted by Gasteiger charge is -2.26. The maximum absolute atomic E-state index is 12.4. The molecule has 1 aromatic carbocycles. The number of primary amides is 1. The van der Waals surface area contributed by atoms with Crippen LogP contribution in [0.4, 0.5) is 5.00 Å². The van der Waals surface area contributed by atoms with E-state index in [2.05, 4.69) is 12.2 Å². The molecule has 0 atom stereocenters. The molecule has 0 unspecified atom stereocenters. The van der Waals surface area contributed by atoms with E-state index >= 15 is 0 Å². The number of carbonyl (C=O) groups is 2. The van der Waals surface area contributed by atoms with Crippen LogP contribution < -0.4 is 16.0 Å². The van der Waals surface area contributed by atoms with Crippen LogP contribution in [-0.4, -0.2) is 31.4 Å². The first kappa shape index (κ1) is 17.6. The second kappa shape index (κ2) is 7.80. The summed E-state index contributed by atoms with van der Waals surface area (Å²) in [5, 5.41) is 3.44. The van der Waals surface area contributed by atoms with Gasteiger partial charge in [0.2, 0.25) is 0 Å². The van der Waals surface area contributed by atoms with Gasteiger partial charge in [-0.15, -0.1) is 11.3 Å². The Kier molecular flexibility index (Phi) is 5.50. The van der Waals surface area contributed by atoms with Gasteiger partial charge in [0.1, 0.15) is 5.00 Å². The molecule has 0 bridgehead atoms. The third-order valence-corrected chi connectivity index (χ3v) is 5.80. The fraction of sp³-hybridized carbons (Fsp3) is 0.368. The highest BCUT2D eigenvalue weighted by molar-refractivity contribution is 7.20. The van der Waals surface area contributed by atoms with Crippen LogP contribution in [0.3, 0.4) is 0 Å². The number of benzene rings is 1. The van der Waals surface area contributed by atoms with E-state index in [-0.39, 0.29) is 5.91 Å². The van der Waals surface area contributed by atoms with Crippen molar-refractivity contribution in [2.24, 2.45) is 11.7 Å². The summed E-state index contributed by atoms with van der Waals surface area (Å²) < 4.78 is 0. The quantitative estimate of drug-likeness (QED) is 0.762. The SMILES string of the molecule is CC1CC[NH+](CC(=O)Nc2sc(-c3ccccc3)cc2C(N)=O)CC1. The van der Waals surface area contributed by atoms with E-state index in [4.69, 9.17) is 5.73 Å². The highest BCUT2D eigenvalue weighted by atomic mass is 32.1. The highest BCUT2D eigenvalue weighted by Gasteiger charge is 2.23. The second-order valence-electron chi connectivity index (χ2n) is 6.74. The number of amides is 2. The van der Waals surface area contributed by atoms with Gasteiger partial charge in [-0.25, -0.2) is 0 Å². The van der Waals surface area contributed by atoms with Crippen LogP contribution in [0.1, 0.15) is 30.1 Å². The van der Waals surface area contributed by atoms with E-state index in [1.807, 2.05) is 30.3 Å². The molecule has 2 amide bonds. The average Bonchev–Trinajstić information content (AvgIpc) is 3.02. The first-order valence-corrected chi connectivity index (χ1v) is 9.47. The van der Waals surface area contributed by atoms with Crippen molar-refractivity contribution in [3.8, 4) is 10.4 Å². The van der Waals surface area contributed by atoms with Crippen molar-refractivity contribution in [1.29, 1.82) is 0 Å². The normalized spacial score (nSPS) is 20.2. The van der Waals surface area contributed by atoms with Gasteiger partial charge in [-0.05, 0) is 30.4 Å². The van der Waals surface area contributed by atoms with Crippen molar-refractivity contribution in [1.82, 2.24) is 0 Å². The zero-order valence-electron chi connectivity index (χ0n) is 14.4. The first-order valence-electron chi connectivity index (χ1n) is 8.65. The number of rotatable bonds is 5. The van der Waals surface area contributed by atoms with Gasteiger partial charge in [0.05, 0.1) is 18.7 Å². The lowest BCUT2D eigenvalue weighted by atomic mass is 9.99. The number of nitrogens with two attached hydrogens (primary N) is 1. The molecule has 0 aliphatic carbocycles. The minimum Gasteiger partial charge on any atom is -0.366 e. The lowest BCUT2D eigenvalue weighted by molar-refractivity contribution is -0.897. The van der Waals surface area contributed by atoms with E-state index in [0.717, 1.165) is 42.3 Å². The lowest BCUT2D eigenvalue weighted by Crippen LogP contribution is -3.14. The first-order chi connectivity index (χ1) is 12.0. The van der Waals surface area contributed by atoms with Crippen LogP contribution in [0.15, 0.2) is 36.4 Å². The van der Waals surface area contributed by atoms with Crippen LogP contribution in [0.5, 0.6) is 0 Å². The van der Waals surface area contributed by atoms with Gasteiger partial charge in [0.15, 0.2) is 6.54 Å². The smallest absolute Gasteiger partial charge is 0.280 e. The average molecular weight is 358 g/mol. The Morgan fingerprint density at radius 3 is 2.56 bits per heavy atom. The molecule has 0 radical (unpaired) electrons. The monoisotopic (exact) mass is 358 g/mol. The van der Waals surface area contributed by atoms with E-state index in [0.29, 0.717) is 17.1 Å². The summed E-state index contributed by atoms with van der Waals surface area (Å²) in [5.74, 6) is 0.167. The van der Waals surface area contributed by atoms with Crippen LogP contribution in [0.25, 0.3) is 10.4 Å². The van der Waals surface area contributed by atoms with Gasteiger partial charge in [-0.1, -0.05) is 37.3 Å². The Balaban J connectivity index is 1.71. The number of quaternary nitrogens is 1. The number of hydrogen-bond acceptors (Lipinski definition) is 3. The van der Waals surface area contributed by atoms with Crippen LogP contribution in [0, 0.1) is 5.92 Å². The zero-order chi connectivity index (χ0) is 17.8. The molecule has 2 aromatic rings. The van der Waals surface area contributed by atoms with Gasteiger partial charge in [-0.3, -0.25) is 9.59 Å². The van der Waals surface area contributed by atoms with Crippen molar-refractivity contribution < 1.29 is 14.5 Å². The molecular formula is C19H24N3O2S+. The maximum Gasteiger partial charge on any atom is 0.280 e. The van der Waals surface area contributed by atoms with Gasteiger partial charge in [0, 0.05) is 4.88 Å². The molecule has 1 aliphatic heterocycles. The summed E-state index contributed by atoms with van der Waals surface area (Å²) in [7, 11) is 0. The van der Waals surface area contributed by atoms with Crippen LogP contribution >= 0.6 is 11.3 Å². The third kappa shape index (κ3) is 4.46. The fourth-order valence-electron chi connectivity index (χ4n) is 3.16. The molecule has 0 spiro atoms. The Morgan fingerprint density at radius 1 is 1.24 bits per heavy atom. The molecule has 2 heterocycles. The molecule has 1 aromatic heterocycles. The number of nitrogens with one attached hydrogen (secondary N) is 2. The van der Waals surface area contributed by atoms with E-state index in [1.54, 1.807) is 6.07 Å². The standard InChI is InChI=1S/C19H23N3O2S/c1-13-7-9-22(10-8-13)12-17(23)21-19-15(18(20)24)11-16(25-19)14-5-3-2-4-6-14/h2-6,11,13H,7-10,12H2,1H3,(H2,20,24)(H,21,23)/p+1. The van der Waals surface area contributed by atoms with Crippen molar-refractivity contribution in [3.63, 3.8) is 0 Å². The molecule has 0 saturated carbocycles. The highest BCUT2D eigenvalue weighted by Crippen LogP contribution is 2.35. The number of carbonyl (C=O) groups excluding carboxylic acids is 2. The molecule has 1 fully saturated rings. The Hall–Kier alpha value is -2.18. The van der Waals surface area contributed by atoms with Gasteiger partial charge in [0.25, 0.3) is 11.8 Å². The van der Waals surface area contributed by atoms with Crippen LogP contribution in [0.2, 0.25) is 0 Å². The van der Waals surface area contributed by atoms with Crippen molar-refractivity contribution in [3.05, 3.63) is 42.0 Å². The molecule has 25 heavy (non-hydrogen) atoms. The number of piperidine rings is 1. The van der Waals surface area contributed by atoms with Crippen molar-refractivity contribution >= 4 is 28.2 Å². The second-order valence-corrected chi connectivity index (χ2v) is 7.79. The molecule has 3 rings (SSSR count). The summed E-state index contributed by atoms with van der Waals surface area (Å²) in [6.45, 7) is 4.74. The summed E-state index contributed by atoms with van der Waals surface area (Å²) in [4.78, 5) is 26.4. The number of anilines is 1. The maximum atomic E-state index is 12.4. The van der Waals surface area contributed by atoms with Crippen LogP contribution in [-0.2, 0) is 4.79 Å². The summed E-state index contributed by atoms with van der Waals surface area (Å²) >= 11 is 1.39. The molecule has 5 nitrogen and oxygen atoms in total. The van der Waals surface area contributed by atoms with E-state index in [9.17, 15) is 9.59 Å². The van der Waals surface area contributed by atoms with E-state index < -0.39 is 5.91 Å². The zero-order valence-corrected chi connectivity index (χ0v) is 15.2. The minimum absolute atomic E-state index is 0.0616. The van der Waals surface area contributed by atoms with Crippen molar-refractivity contribution in [2.45, 2.75) is 19.8 Å². The Bertz CT molecular complexity index is 749. The number of likely N-dealkylation sites (tertiary alicyclic amines) is 1. The molecule has 1 aliphatic rings. The van der Waals surface area contributed by atoms with E-state index in [1.165, 1.54) is 16.2 Å². The summed E-state index contributed by atoms with van der Waals surface area (Å²) in [6, 6.07) is 11.5. The topological polar surface area (TPSA) is 76.6 Å². The third-order valence-electron chi connectivity index (χ3n) is 4.70. The van der Waals surface area contributed by atoms with Gasteiger partial charge in [-0.2, -0.15) is 0 Å². The molecule has 6 heteroatoms. The molecular weight excluding hydrogens is 334 g/mol. The number of thiophene rings is 1. The van der Waals surface area contributed by atoms with Gasteiger partial charge < -0.3 is 16.0 Å². The Morgan fingerprint density at radius 2 is 1.92 bits per heavy atom. The predicted octanol–water partition coefficient (Wildman–Crippen LogP) is 1.77. The predicted molar refractivity (Wildman–Crippen MR) is 101 cm³/mol. The van der Waals surface area contributed by atoms with Crippen molar-refractivity contribution in [2.75, 3.05) is 25.0 Å². The molecule has 4 N–H and O–H groups in total. The van der Waals surface area contributed by atoms with Gasteiger partial charge >= 0.3 is 0 Å². The largest absolute Gasteiger partial charge is 0.366 e. The summed E-state index contributed by atoms with van der Waals surface area (Å²) in [5.41, 5.74) is 6.87. The number of hydrogen-bond donors (Lipinski definition) is 3. The Labute approximate surface area is 151 Å². The fourth-order valence-corrected chi connectivity index (χ4v) is 4.24. The molecule has 132 valence electrons. The summed E-state index contributed by atoms with van der Waals surface area (Å²) in [6.07, 6.45) is 2.32.